The van der Waals surface area contributed by atoms with E-state index in [1.54, 1.807) is 0 Å². The Hall–Kier alpha value is -0.410. The summed E-state index contributed by atoms with van der Waals surface area (Å²) in [5.41, 5.74) is 0. The molecule has 1 aliphatic heterocycles. The zero-order valence-corrected chi connectivity index (χ0v) is 8.09. The van der Waals surface area contributed by atoms with E-state index in [2.05, 4.69) is 0 Å². The van der Waals surface area contributed by atoms with E-state index in [-0.39, 0.29) is 18.0 Å². The lowest BCUT2D eigenvalue weighted by Gasteiger charge is -2.16. The number of Topliss-reactive ketones (excluding diaryl/α,β-unsaturated/α-hetero) is 1. The predicted octanol–water partition coefficient (Wildman–Crippen LogP) is 1.51. The molecule has 1 fully saturated rings. The number of hydrogen-bond donors (Lipinski definition) is 0. The maximum absolute atomic E-state index is 11.1. The Balaban J connectivity index is 2.69. The normalized spacial score (nSPS) is 33.7. The van der Waals surface area contributed by atoms with Crippen LogP contribution in [0, 0.1) is 0 Å². The number of ketones is 1. The molecular weight excluding hydrogens is 156 g/mol. The SMILES string of the molecule is CCC1OC(C)(C)OC1C(C)=O. The second-order valence-corrected chi connectivity index (χ2v) is 3.61. The molecule has 2 unspecified atom stereocenters. The summed E-state index contributed by atoms with van der Waals surface area (Å²) in [6, 6.07) is 0. The molecule has 1 aliphatic rings. The number of hydrogen-bond acceptors (Lipinski definition) is 3. The van der Waals surface area contributed by atoms with Crippen molar-refractivity contribution in [2.45, 2.75) is 52.1 Å². The van der Waals surface area contributed by atoms with Crippen LogP contribution in [0.2, 0.25) is 0 Å². The smallest absolute Gasteiger partial charge is 0.164 e. The molecule has 0 bridgehead atoms. The summed E-state index contributed by atoms with van der Waals surface area (Å²) in [5.74, 6) is -0.552. The summed E-state index contributed by atoms with van der Waals surface area (Å²) in [6.07, 6.45) is 0.371. The van der Waals surface area contributed by atoms with Gasteiger partial charge in [0.1, 0.15) is 6.10 Å². The number of carbonyl (C=O) groups is 1. The van der Waals surface area contributed by atoms with Crippen LogP contribution in [0.15, 0.2) is 0 Å². The Morgan fingerprint density at radius 3 is 2.33 bits per heavy atom. The van der Waals surface area contributed by atoms with Crippen molar-refractivity contribution < 1.29 is 14.3 Å². The molecule has 70 valence electrons. The number of rotatable bonds is 2. The topological polar surface area (TPSA) is 35.5 Å². The molecule has 0 radical (unpaired) electrons. The van der Waals surface area contributed by atoms with Gasteiger partial charge in [-0.1, -0.05) is 6.92 Å². The third kappa shape index (κ3) is 1.84. The number of ether oxygens (including phenoxy) is 2. The molecule has 0 N–H and O–H groups in total. The molecule has 0 aromatic heterocycles. The molecule has 2 atom stereocenters. The van der Waals surface area contributed by atoms with Crippen LogP contribution in [-0.4, -0.2) is 23.8 Å². The van der Waals surface area contributed by atoms with E-state index in [1.165, 1.54) is 6.92 Å². The van der Waals surface area contributed by atoms with Gasteiger partial charge in [-0.3, -0.25) is 4.79 Å². The van der Waals surface area contributed by atoms with Gasteiger partial charge in [0.15, 0.2) is 11.6 Å². The van der Waals surface area contributed by atoms with Crippen molar-refractivity contribution in [1.82, 2.24) is 0 Å². The molecule has 0 saturated carbocycles. The van der Waals surface area contributed by atoms with E-state index >= 15 is 0 Å². The monoisotopic (exact) mass is 172 g/mol. The molecule has 0 aromatic carbocycles. The molecule has 0 amide bonds. The van der Waals surface area contributed by atoms with Gasteiger partial charge in [-0.15, -0.1) is 0 Å². The molecular formula is C9H16O3. The summed E-state index contributed by atoms with van der Waals surface area (Å²) in [6.45, 7) is 7.20. The fraction of sp³-hybridized carbons (Fsp3) is 0.889. The molecule has 12 heavy (non-hydrogen) atoms. The van der Waals surface area contributed by atoms with Gasteiger partial charge < -0.3 is 9.47 Å². The third-order valence-electron chi connectivity index (χ3n) is 1.99. The lowest BCUT2D eigenvalue weighted by atomic mass is 10.1. The quantitative estimate of drug-likeness (QED) is 0.633. The molecule has 3 nitrogen and oxygen atoms in total. The Morgan fingerprint density at radius 2 is 2.00 bits per heavy atom. The lowest BCUT2D eigenvalue weighted by Crippen LogP contribution is -2.29. The fourth-order valence-corrected chi connectivity index (χ4v) is 1.48. The van der Waals surface area contributed by atoms with Gasteiger partial charge in [0.05, 0.1) is 6.10 Å². The van der Waals surface area contributed by atoms with Crippen molar-refractivity contribution in [2.24, 2.45) is 0 Å². The Bertz CT molecular complexity index is 186. The lowest BCUT2D eigenvalue weighted by molar-refractivity contribution is -0.154. The molecule has 1 heterocycles. The van der Waals surface area contributed by atoms with E-state index in [9.17, 15) is 4.79 Å². The summed E-state index contributed by atoms with van der Waals surface area (Å²) in [4.78, 5) is 11.1. The molecule has 1 rings (SSSR count). The van der Waals surface area contributed by atoms with Crippen LogP contribution in [0.4, 0.5) is 0 Å². The van der Waals surface area contributed by atoms with E-state index in [4.69, 9.17) is 9.47 Å². The molecule has 0 aromatic rings. The highest BCUT2D eigenvalue weighted by molar-refractivity contribution is 5.81. The van der Waals surface area contributed by atoms with Crippen LogP contribution in [0.25, 0.3) is 0 Å². The first-order chi connectivity index (χ1) is 5.46. The summed E-state index contributed by atoms with van der Waals surface area (Å²) >= 11 is 0. The minimum Gasteiger partial charge on any atom is -0.344 e. The minimum absolute atomic E-state index is 0.0485. The van der Waals surface area contributed by atoms with Crippen LogP contribution < -0.4 is 0 Å². The molecule has 0 spiro atoms. The van der Waals surface area contributed by atoms with Crippen molar-refractivity contribution in [1.29, 1.82) is 0 Å². The molecule has 1 saturated heterocycles. The van der Waals surface area contributed by atoms with E-state index in [1.807, 2.05) is 20.8 Å². The predicted molar refractivity (Wildman–Crippen MR) is 44.8 cm³/mol. The zero-order chi connectivity index (χ0) is 9.35. The van der Waals surface area contributed by atoms with E-state index < -0.39 is 5.79 Å². The fourth-order valence-electron chi connectivity index (χ4n) is 1.48. The van der Waals surface area contributed by atoms with Crippen molar-refractivity contribution >= 4 is 5.78 Å². The first-order valence-electron chi connectivity index (χ1n) is 4.32. The minimum atomic E-state index is -0.600. The maximum atomic E-state index is 11.1. The van der Waals surface area contributed by atoms with Gasteiger partial charge in [-0.25, -0.2) is 0 Å². The van der Waals surface area contributed by atoms with E-state index in [0.29, 0.717) is 0 Å². The van der Waals surface area contributed by atoms with Crippen molar-refractivity contribution in [2.75, 3.05) is 0 Å². The maximum Gasteiger partial charge on any atom is 0.164 e. The molecule has 0 aliphatic carbocycles. The third-order valence-corrected chi connectivity index (χ3v) is 1.99. The summed E-state index contributed by atoms with van der Waals surface area (Å²) < 4.78 is 11.0. The largest absolute Gasteiger partial charge is 0.344 e. The number of carbonyl (C=O) groups excluding carboxylic acids is 1. The second kappa shape index (κ2) is 3.15. The van der Waals surface area contributed by atoms with Gasteiger partial charge in [0.2, 0.25) is 0 Å². The first-order valence-corrected chi connectivity index (χ1v) is 4.32. The van der Waals surface area contributed by atoms with Gasteiger partial charge in [-0.2, -0.15) is 0 Å². The van der Waals surface area contributed by atoms with Crippen LogP contribution in [0.1, 0.15) is 34.1 Å². The zero-order valence-electron chi connectivity index (χ0n) is 8.09. The molecule has 3 heteroatoms. The van der Waals surface area contributed by atoms with Crippen LogP contribution in [0.5, 0.6) is 0 Å². The summed E-state index contributed by atoms with van der Waals surface area (Å²) in [5, 5.41) is 0. The Kier molecular flexibility index (Phi) is 2.54. The van der Waals surface area contributed by atoms with Gasteiger partial charge in [0, 0.05) is 0 Å². The Labute approximate surface area is 73.0 Å². The average molecular weight is 172 g/mol. The van der Waals surface area contributed by atoms with Crippen LogP contribution in [-0.2, 0) is 14.3 Å². The summed E-state index contributed by atoms with van der Waals surface area (Å²) in [7, 11) is 0. The highest BCUT2D eigenvalue weighted by atomic mass is 16.8. The van der Waals surface area contributed by atoms with E-state index in [0.717, 1.165) is 6.42 Å². The van der Waals surface area contributed by atoms with Gasteiger partial charge in [0.25, 0.3) is 0 Å². The van der Waals surface area contributed by atoms with Crippen molar-refractivity contribution in [3.8, 4) is 0 Å². The van der Waals surface area contributed by atoms with Gasteiger partial charge >= 0.3 is 0 Å². The first kappa shape index (κ1) is 9.68. The van der Waals surface area contributed by atoms with Gasteiger partial charge in [-0.05, 0) is 27.2 Å². The Morgan fingerprint density at radius 1 is 1.42 bits per heavy atom. The van der Waals surface area contributed by atoms with Crippen molar-refractivity contribution in [3.05, 3.63) is 0 Å². The highest BCUT2D eigenvalue weighted by Gasteiger charge is 2.42. The van der Waals surface area contributed by atoms with Crippen LogP contribution in [0.3, 0.4) is 0 Å². The standard InChI is InChI=1S/C9H16O3/c1-5-7-8(6(2)10)12-9(3,4)11-7/h7-8H,5H2,1-4H3. The average Bonchev–Trinajstić information content (AvgIpc) is 2.25. The van der Waals surface area contributed by atoms with Crippen molar-refractivity contribution in [3.63, 3.8) is 0 Å². The highest BCUT2D eigenvalue weighted by Crippen LogP contribution is 2.29. The second-order valence-electron chi connectivity index (χ2n) is 3.61. The van der Waals surface area contributed by atoms with Crippen LogP contribution >= 0.6 is 0 Å².